The number of carbonyl (C=O) groups is 2. The summed E-state index contributed by atoms with van der Waals surface area (Å²) in [4.78, 5) is 22.5. The molecule has 5 N–H and O–H groups in total. The predicted octanol–water partition coefficient (Wildman–Crippen LogP) is 0.488. The van der Waals surface area contributed by atoms with Crippen molar-refractivity contribution >= 4 is 29.2 Å². The van der Waals surface area contributed by atoms with Gasteiger partial charge in [-0.2, -0.15) is 0 Å². The standard InChI is InChI=1S/C11H13ClN2O4/c12-7-5-6(1-2-8(7)13)10(16)14-9(3-4-15)11(17)18/h1-2,5,9,15H,3-4,13H2,(H,14,16)(H,17,18)/t9-/m1/s1. The molecule has 0 aromatic heterocycles. The lowest BCUT2D eigenvalue weighted by Crippen LogP contribution is -2.41. The fraction of sp³-hybridized carbons (Fsp3) is 0.273. The Kier molecular flexibility index (Phi) is 4.94. The average molecular weight is 273 g/mol. The van der Waals surface area contributed by atoms with Crippen LogP contribution in [-0.2, 0) is 4.79 Å². The smallest absolute Gasteiger partial charge is 0.326 e. The van der Waals surface area contributed by atoms with E-state index in [4.69, 9.17) is 27.5 Å². The minimum Gasteiger partial charge on any atom is -0.480 e. The summed E-state index contributed by atoms with van der Waals surface area (Å²) in [6.07, 6.45) is -0.0657. The minimum atomic E-state index is -1.21. The molecule has 0 heterocycles. The molecule has 1 amide bonds. The molecule has 7 heteroatoms. The van der Waals surface area contributed by atoms with Gasteiger partial charge >= 0.3 is 5.97 Å². The number of anilines is 1. The van der Waals surface area contributed by atoms with Crippen LogP contribution in [0.15, 0.2) is 18.2 Å². The maximum atomic E-state index is 11.7. The molecular weight excluding hydrogens is 260 g/mol. The largest absolute Gasteiger partial charge is 0.480 e. The van der Waals surface area contributed by atoms with Gasteiger partial charge in [-0.3, -0.25) is 4.79 Å². The Labute approximate surface area is 108 Å². The van der Waals surface area contributed by atoms with Crippen LogP contribution >= 0.6 is 11.6 Å². The van der Waals surface area contributed by atoms with E-state index in [9.17, 15) is 9.59 Å². The van der Waals surface area contributed by atoms with Crippen molar-refractivity contribution in [2.24, 2.45) is 0 Å². The number of carboxylic acid groups (broad SMARTS) is 1. The molecule has 0 saturated heterocycles. The van der Waals surface area contributed by atoms with Crippen molar-refractivity contribution < 1.29 is 19.8 Å². The highest BCUT2D eigenvalue weighted by Gasteiger charge is 2.20. The zero-order valence-electron chi connectivity index (χ0n) is 9.39. The van der Waals surface area contributed by atoms with E-state index in [0.717, 1.165) is 0 Å². The topological polar surface area (TPSA) is 113 Å². The Balaban J connectivity index is 2.80. The number of amides is 1. The van der Waals surface area contributed by atoms with Crippen molar-refractivity contribution in [3.63, 3.8) is 0 Å². The van der Waals surface area contributed by atoms with Crippen LogP contribution in [0.1, 0.15) is 16.8 Å². The lowest BCUT2D eigenvalue weighted by molar-refractivity contribution is -0.139. The van der Waals surface area contributed by atoms with Crippen molar-refractivity contribution in [2.45, 2.75) is 12.5 Å². The number of aliphatic hydroxyl groups is 1. The van der Waals surface area contributed by atoms with E-state index in [1.807, 2.05) is 0 Å². The summed E-state index contributed by atoms with van der Waals surface area (Å²) in [5, 5.41) is 20.0. The van der Waals surface area contributed by atoms with E-state index in [1.165, 1.54) is 18.2 Å². The van der Waals surface area contributed by atoms with Gasteiger partial charge in [-0.15, -0.1) is 0 Å². The van der Waals surface area contributed by atoms with Gasteiger partial charge in [0.15, 0.2) is 0 Å². The number of nitrogen functional groups attached to an aromatic ring is 1. The SMILES string of the molecule is Nc1ccc(C(=O)N[C@H](CCO)C(=O)O)cc1Cl. The maximum Gasteiger partial charge on any atom is 0.326 e. The third kappa shape index (κ3) is 3.61. The number of nitrogens with one attached hydrogen (secondary N) is 1. The van der Waals surface area contributed by atoms with Gasteiger partial charge in [0.1, 0.15) is 6.04 Å². The number of hydrogen-bond acceptors (Lipinski definition) is 4. The fourth-order valence-electron chi connectivity index (χ4n) is 1.30. The molecule has 1 aromatic carbocycles. The first kappa shape index (κ1) is 14.3. The van der Waals surface area contributed by atoms with E-state index >= 15 is 0 Å². The Morgan fingerprint density at radius 2 is 2.11 bits per heavy atom. The predicted molar refractivity (Wildman–Crippen MR) is 66.5 cm³/mol. The zero-order chi connectivity index (χ0) is 13.7. The van der Waals surface area contributed by atoms with Crippen molar-refractivity contribution in [1.29, 1.82) is 0 Å². The van der Waals surface area contributed by atoms with E-state index < -0.39 is 17.9 Å². The molecule has 98 valence electrons. The summed E-state index contributed by atoms with van der Waals surface area (Å²) in [6.45, 7) is -0.334. The number of aliphatic carboxylic acids is 1. The number of rotatable bonds is 5. The quantitative estimate of drug-likeness (QED) is 0.583. The van der Waals surface area contributed by atoms with E-state index in [2.05, 4.69) is 5.32 Å². The highest BCUT2D eigenvalue weighted by atomic mass is 35.5. The lowest BCUT2D eigenvalue weighted by Gasteiger charge is -2.13. The van der Waals surface area contributed by atoms with E-state index in [0.29, 0.717) is 5.69 Å². The van der Waals surface area contributed by atoms with Crippen LogP contribution in [0, 0.1) is 0 Å². The van der Waals surface area contributed by atoms with Crippen LogP contribution in [0.4, 0.5) is 5.69 Å². The number of halogens is 1. The second-order valence-electron chi connectivity index (χ2n) is 3.61. The van der Waals surface area contributed by atoms with Crippen molar-refractivity contribution in [1.82, 2.24) is 5.32 Å². The summed E-state index contributed by atoms with van der Waals surface area (Å²) >= 11 is 5.76. The van der Waals surface area contributed by atoms with E-state index in [1.54, 1.807) is 0 Å². The second-order valence-corrected chi connectivity index (χ2v) is 4.02. The van der Waals surface area contributed by atoms with Crippen molar-refractivity contribution in [3.05, 3.63) is 28.8 Å². The molecule has 1 aromatic rings. The van der Waals surface area contributed by atoms with Gasteiger partial charge in [0.25, 0.3) is 5.91 Å². The van der Waals surface area contributed by atoms with Crippen molar-refractivity contribution in [2.75, 3.05) is 12.3 Å². The number of carboxylic acids is 1. The molecule has 0 radical (unpaired) electrons. The van der Waals surface area contributed by atoms with Crippen molar-refractivity contribution in [3.8, 4) is 0 Å². The first-order valence-corrected chi connectivity index (χ1v) is 5.53. The fourth-order valence-corrected chi connectivity index (χ4v) is 1.48. The highest BCUT2D eigenvalue weighted by molar-refractivity contribution is 6.33. The number of aliphatic hydroxyl groups excluding tert-OH is 1. The Morgan fingerprint density at radius 1 is 1.44 bits per heavy atom. The molecule has 0 spiro atoms. The number of carbonyl (C=O) groups excluding carboxylic acids is 1. The van der Waals surface area contributed by atoms with Crippen LogP contribution in [0.25, 0.3) is 0 Å². The molecular formula is C11H13ClN2O4. The first-order valence-electron chi connectivity index (χ1n) is 5.15. The Bertz CT molecular complexity index is 464. The first-order chi connectivity index (χ1) is 8.45. The molecule has 0 unspecified atom stereocenters. The Morgan fingerprint density at radius 3 is 2.61 bits per heavy atom. The van der Waals surface area contributed by atoms with Gasteiger partial charge in [0, 0.05) is 18.6 Å². The minimum absolute atomic E-state index is 0.0657. The second kappa shape index (κ2) is 6.23. The molecule has 6 nitrogen and oxygen atoms in total. The van der Waals surface area contributed by atoms with Gasteiger partial charge in [-0.1, -0.05) is 11.6 Å². The average Bonchev–Trinajstić information content (AvgIpc) is 2.31. The van der Waals surface area contributed by atoms with E-state index in [-0.39, 0.29) is 23.6 Å². The van der Waals surface area contributed by atoms with Gasteiger partial charge in [0.05, 0.1) is 10.7 Å². The van der Waals surface area contributed by atoms with Gasteiger partial charge in [-0.25, -0.2) is 4.79 Å². The third-order valence-corrected chi connectivity index (χ3v) is 2.61. The number of hydrogen-bond donors (Lipinski definition) is 4. The molecule has 0 aliphatic carbocycles. The maximum absolute atomic E-state index is 11.7. The van der Waals surface area contributed by atoms with Crippen LogP contribution in [0.5, 0.6) is 0 Å². The van der Waals surface area contributed by atoms with Crippen LogP contribution in [0.2, 0.25) is 5.02 Å². The monoisotopic (exact) mass is 272 g/mol. The molecule has 1 rings (SSSR count). The number of nitrogens with two attached hydrogens (primary N) is 1. The highest BCUT2D eigenvalue weighted by Crippen LogP contribution is 2.19. The van der Waals surface area contributed by atoms with Gasteiger partial charge in [0.2, 0.25) is 0 Å². The lowest BCUT2D eigenvalue weighted by atomic mass is 10.1. The normalized spacial score (nSPS) is 11.9. The Hall–Kier alpha value is -1.79. The molecule has 18 heavy (non-hydrogen) atoms. The summed E-state index contributed by atoms with van der Waals surface area (Å²) in [7, 11) is 0. The number of benzene rings is 1. The molecule has 0 fully saturated rings. The molecule has 1 atom stereocenters. The van der Waals surface area contributed by atoms with Gasteiger partial charge in [-0.05, 0) is 18.2 Å². The summed E-state index contributed by atoms with van der Waals surface area (Å²) in [6, 6.07) is 3.11. The third-order valence-electron chi connectivity index (χ3n) is 2.28. The van der Waals surface area contributed by atoms with Crippen LogP contribution in [0.3, 0.4) is 0 Å². The summed E-state index contributed by atoms with van der Waals surface area (Å²) in [5.41, 5.74) is 6.03. The zero-order valence-corrected chi connectivity index (χ0v) is 10.1. The molecule has 0 saturated carbocycles. The summed E-state index contributed by atoms with van der Waals surface area (Å²) in [5.74, 6) is -1.79. The van der Waals surface area contributed by atoms with Gasteiger partial charge < -0.3 is 21.3 Å². The summed E-state index contributed by atoms with van der Waals surface area (Å²) < 4.78 is 0. The van der Waals surface area contributed by atoms with Crippen LogP contribution in [-0.4, -0.2) is 34.7 Å². The molecule has 0 aliphatic heterocycles. The molecule has 0 aliphatic rings. The van der Waals surface area contributed by atoms with Crippen LogP contribution < -0.4 is 11.1 Å². The molecule has 0 bridgehead atoms.